The SMILES string of the molecule is COc1ccc(-c2cc(C(=O)Nc3nc(CN4CCOCC4)cs3)sc2C)cc1. The number of methoxy groups -OCH3 is 1. The van der Waals surface area contributed by atoms with Crippen LogP contribution in [0.1, 0.15) is 20.2 Å². The molecule has 8 heteroatoms. The lowest BCUT2D eigenvalue weighted by Crippen LogP contribution is -2.35. The molecule has 3 heterocycles. The van der Waals surface area contributed by atoms with Gasteiger partial charge in [0.15, 0.2) is 5.13 Å². The molecule has 0 atom stereocenters. The maximum absolute atomic E-state index is 12.7. The molecule has 0 spiro atoms. The molecule has 152 valence electrons. The zero-order valence-corrected chi connectivity index (χ0v) is 18.1. The summed E-state index contributed by atoms with van der Waals surface area (Å²) in [6.45, 7) is 6.19. The summed E-state index contributed by atoms with van der Waals surface area (Å²) in [6.07, 6.45) is 0. The molecule has 1 saturated heterocycles. The van der Waals surface area contributed by atoms with Crippen LogP contribution in [-0.4, -0.2) is 49.2 Å². The molecular weight excluding hydrogens is 406 g/mol. The van der Waals surface area contributed by atoms with Crippen LogP contribution in [0.4, 0.5) is 5.13 Å². The highest BCUT2D eigenvalue weighted by atomic mass is 32.1. The molecule has 0 saturated carbocycles. The number of nitrogens with one attached hydrogen (secondary N) is 1. The zero-order chi connectivity index (χ0) is 20.2. The molecule has 1 aliphatic rings. The van der Waals surface area contributed by atoms with Gasteiger partial charge in [-0.3, -0.25) is 15.0 Å². The van der Waals surface area contributed by atoms with Crippen LogP contribution in [0, 0.1) is 6.92 Å². The first-order valence-corrected chi connectivity index (χ1v) is 11.1. The average Bonchev–Trinajstić information content (AvgIpc) is 3.35. The second-order valence-electron chi connectivity index (χ2n) is 6.80. The minimum absolute atomic E-state index is 0.120. The summed E-state index contributed by atoms with van der Waals surface area (Å²) < 4.78 is 10.6. The summed E-state index contributed by atoms with van der Waals surface area (Å²) >= 11 is 2.96. The van der Waals surface area contributed by atoms with Crippen molar-refractivity contribution in [1.29, 1.82) is 0 Å². The molecule has 1 fully saturated rings. The van der Waals surface area contributed by atoms with Gasteiger partial charge < -0.3 is 9.47 Å². The second-order valence-corrected chi connectivity index (χ2v) is 8.91. The Hall–Kier alpha value is -2.26. The molecule has 4 rings (SSSR count). The van der Waals surface area contributed by atoms with Crippen LogP contribution >= 0.6 is 22.7 Å². The van der Waals surface area contributed by atoms with Gasteiger partial charge in [-0.05, 0) is 36.2 Å². The zero-order valence-electron chi connectivity index (χ0n) is 16.4. The normalized spacial score (nSPS) is 14.7. The molecule has 3 aromatic rings. The minimum atomic E-state index is -0.120. The lowest BCUT2D eigenvalue weighted by Gasteiger charge is -2.25. The second kappa shape index (κ2) is 9.04. The van der Waals surface area contributed by atoms with E-state index in [0.717, 1.165) is 60.3 Å². The predicted molar refractivity (Wildman–Crippen MR) is 117 cm³/mol. The molecule has 1 amide bonds. The van der Waals surface area contributed by atoms with Gasteiger partial charge in [0.05, 0.1) is 30.9 Å². The van der Waals surface area contributed by atoms with E-state index < -0.39 is 0 Å². The summed E-state index contributed by atoms with van der Waals surface area (Å²) in [5, 5.41) is 5.58. The molecule has 1 aromatic carbocycles. The van der Waals surface area contributed by atoms with E-state index in [-0.39, 0.29) is 5.91 Å². The van der Waals surface area contributed by atoms with Gasteiger partial charge in [0.2, 0.25) is 0 Å². The van der Waals surface area contributed by atoms with Gasteiger partial charge in [0.1, 0.15) is 5.75 Å². The van der Waals surface area contributed by atoms with Crippen LogP contribution in [0.3, 0.4) is 0 Å². The van der Waals surface area contributed by atoms with E-state index in [9.17, 15) is 4.79 Å². The molecule has 1 aliphatic heterocycles. The number of carbonyl (C=O) groups excluding carboxylic acids is 1. The Bertz CT molecular complexity index is 975. The van der Waals surface area contributed by atoms with Gasteiger partial charge in [-0.1, -0.05) is 12.1 Å². The van der Waals surface area contributed by atoms with Crippen molar-refractivity contribution in [2.24, 2.45) is 0 Å². The monoisotopic (exact) mass is 429 g/mol. The van der Waals surface area contributed by atoms with Crippen molar-refractivity contribution in [2.45, 2.75) is 13.5 Å². The van der Waals surface area contributed by atoms with Crippen molar-refractivity contribution >= 4 is 33.7 Å². The van der Waals surface area contributed by atoms with Crippen molar-refractivity contribution in [3.8, 4) is 16.9 Å². The van der Waals surface area contributed by atoms with E-state index in [1.807, 2.05) is 42.6 Å². The fraction of sp³-hybridized carbons (Fsp3) is 0.333. The average molecular weight is 430 g/mol. The first-order valence-electron chi connectivity index (χ1n) is 9.43. The van der Waals surface area contributed by atoms with Gasteiger partial charge >= 0.3 is 0 Å². The first kappa shape index (κ1) is 20.0. The van der Waals surface area contributed by atoms with E-state index in [1.54, 1.807) is 7.11 Å². The summed E-state index contributed by atoms with van der Waals surface area (Å²) in [5.74, 6) is 0.696. The van der Waals surface area contributed by atoms with Crippen LogP contribution in [0.2, 0.25) is 0 Å². The Morgan fingerprint density at radius 2 is 2.03 bits per heavy atom. The lowest BCUT2D eigenvalue weighted by atomic mass is 10.1. The largest absolute Gasteiger partial charge is 0.497 e. The highest BCUT2D eigenvalue weighted by molar-refractivity contribution is 7.15. The third-order valence-electron chi connectivity index (χ3n) is 4.80. The van der Waals surface area contributed by atoms with Gasteiger partial charge in [-0.15, -0.1) is 22.7 Å². The number of hydrogen-bond acceptors (Lipinski definition) is 7. The number of aryl methyl sites for hydroxylation is 1. The number of ether oxygens (including phenoxy) is 2. The molecule has 0 bridgehead atoms. The third kappa shape index (κ3) is 4.84. The molecule has 2 aromatic heterocycles. The number of rotatable bonds is 6. The Morgan fingerprint density at radius 1 is 1.28 bits per heavy atom. The number of carbonyl (C=O) groups is 1. The van der Waals surface area contributed by atoms with Crippen molar-refractivity contribution < 1.29 is 14.3 Å². The number of hydrogen-bond donors (Lipinski definition) is 1. The van der Waals surface area contributed by atoms with Crippen molar-refractivity contribution in [2.75, 3.05) is 38.7 Å². The molecule has 29 heavy (non-hydrogen) atoms. The Morgan fingerprint density at radius 3 is 2.76 bits per heavy atom. The Balaban J connectivity index is 1.42. The fourth-order valence-corrected chi connectivity index (χ4v) is 4.87. The highest BCUT2D eigenvalue weighted by Crippen LogP contribution is 2.32. The maximum Gasteiger partial charge on any atom is 0.267 e. The van der Waals surface area contributed by atoms with Gasteiger partial charge in [-0.2, -0.15) is 0 Å². The third-order valence-corrected chi connectivity index (χ3v) is 6.66. The van der Waals surface area contributed by atoms with Crippen molar-refractivity contribution in [1.82, 2.24) is 9.88 Å². The highest BCUT2D eigenvalue weighted by Gasteiger charge is 2.17. The molecule has 0 radical (unpaired) electrons. The lowest BCUT2D eigenvalue weighted by molar-refractivity contribution is 0.0337. The number of thiazole rings is 1. The fourth-order valence-electron chi connectivity index (χ4n) is 3.24. The number of aromatic nitrogens is 1. The van der Waals surface area contributed by atoms with Crippen LogP contribution in [0.25, 0.3) is 11.1 Å². The van der Waals surface area contributed by atoms with Gasteiger partial charge in [-0.25, -0.2) is 4.98 Å². The molecule has 1 N–H and O–H groups in total. The topological polar surface area (TPSA) is 63.7 Å². The number of benzene rings is 1. The standard InChI is InChI=1S/C21H23N3O3S2/c1-14-18(15-3-5-17(26-2)6-4-15)11-19(29-14)20(25)23-21-22-16(13-28-21)12-24-7-9-27-10-8-24/h3-6,11,13H,7-10,12H2,1-2H3,(H,22,23,25). The van der Waals surface area contributed by atoms with Crippen LogP contribution in [-0.2, 0) is 11.3 Å². The van der Waals surface area contributed by atoms with Gasteiger partial charge in [0, 0.05) is 29.9 Å². The van der Waals surface area contributed by atoms with Crippen LogP contribution < -0.4 is 10.1 Å². The number of morpholine rings is 1. The number of nitrogens with zero attached hydrogens (tertiary/aromatic N) is 2. The molecular formula is C21H23N3O3S2. The summed E-state index contributed by atoms with van der Waals surface area (Å²) in [5.41, 5.74) is 3.11. The van der Waals surface area contributed by atoms with E-state index in [0.29, 0.717) is 10.0 Å². The maximum atomic E-state index is 12.7. The number of thiophene rings is 1. The van der Waals surface area contributed by atoms with E-state index in [1.165, 1.54) is 22.7 Å². The van der Waals surface area contributed by atoms with E-state index in [2.05, 4.69) is 15.2 Å². The van der Waals surface area contributed by atoms with Crippen molar-refractivity contribution in [3.05, 3.63) is 51.2 Å². The summed E-state index contributed by atoms with van der Waals surface area (Å²) in [7, 11) is 1.65. The van der Waals surface area contributed by atoms with Crippen molar-refractivity contribution in [3.63, 3.8) is 0 Å². The molecule has 6 nitrogen and oxygen atoms in total. The van der Waals surface area contributed by atoms with Crippen LogP contribution in [0.15, 0.2) is 35.7 Å². The summed E-state index contributed by atoms with van der Waals surface area (Å²) in [6, 6.07) is 9.82. The first-order chi connectivity index (χ1) is 14.1. The van der Waals surface area contributed by atoms with Gasteiger partial charge in [0.25, 0.3) is 5.91 Å². The van der Waals surface area contributed by atoms with Crippen LogP contribution in [0.5, 0.6) is 5.75 Å². The Kier molecular flexibility index (Phi) is 6.25. The van der Waals surface area contributed by atoms with E-state index >= 15 is 0 Å². The summed E-state index contributed by atoms with van der Waals surface area (Å²) in [4.78, 5) is 21.4. The molecule has 0 aliphatic carbocycles. The number of anilines is 1. The quantitative estimate of drug-likeness (QED) is 0.634. The predicted octanol–water partition coefficient (Wildman–Crippen LogP) is 4.27. The number of amides is 1. The Labute approximate surface area is 178 Å². The molecule has 0 unspecified atom stereocenters. The smallest absolute Gasteiger partial charge is 0.267 e. The minimum Gasteiger partial charge on any atom is -0.497 e. The van der Waals surface area contributed by atoms with E-state index in [4.69, 9.17) is 9.47 Å².